The summed E-state index contributed by atoms with van der Waals surface area (Å²) in [5.74, 6) is 0. The van der Waals surface area contributed by atoms with Gasteiger partial charge in [-0.25, -0.2) is 0 Å². The summed E-state index contributed by atoms with van der Waals surface area (Å²) in [5, 5.41) is 0. The molecule has 0 aliphatic heterocycles. The van der Waals surface area contributed by atoms with Crippen LogP contribution < -0.4 is 0 Å². The second kappa shape index (κ2) is 8.35. The van der Waals surface area contributed by atoms with Crippen molar-refractivity contribution >= 4 is 0 Å². The van der Waals surface area contributed by atoms with Crippen molar-refractivity contribution in [2.24, 2.45) is 0 Å². The molecular weight excluding hydrogens is 194 g/mol. The number of aryl methyl sites for hydroxylation is 1. The van der Waals surface area contributed by atoms with Gasteiger partial charge in [0.05, 0.1) is 0 Å². The number of rotatable bonds is 8. The lowest BCUT2D eigenvalue weighted by molar-refractivity contribution is 0.325. The molecule has 0 saturated heterocycles. The molecule has 0 unspecified atom stereocenters. The van der Waals surface area contributed by atoms with Crippen LogP contribution in [-0.2, 0) is 6.42 Å². The van der Waals surface area contributed by atoms with E-state index in [-0.39, 0.29) is 0 Å². The summed E-state index contributed by atoms with van der Waals surface area (Å²) in [4.78, 5) is 2.43. The number of benzene rings is 1. The van der Waals surface area contributed by atoms with Gasteiger partial charge in [0, 0.05) is 0 Å². The Labute approximate surface area is 100 Å². The van der Waals surface area contributed by atoms with E-state index in [2.05, 4.69) is 49.2 Å². The summed E-state index contributed by atoms with van der Waals surface area (Å²) >= 11 is 0. The SMILES string of the molecule is CCCN(C)CCCCCc1ccccc1. The lowest BCUT2D eigenvalue weighted by atomic mass is 10.1. The number of hydrogen-bond acceptors (Lipinski definition) is 1. The maximum absolute atomic E-state index is 2.43. The quantitative estimate of drug-likeness (QED) is 0.602. The summed E-state index contributed by atoms with van der Waals surface area (Å²) in [7, 11) is 2.22. The van der Waals surface area contributed by atoms with E-state index in [1.807, 2.05) is 0 Å². The molecule has 0 aliphatic carbocycles. The number of unbranched alkanes of at least 4 members (excludes halogenated alkanes) is 2. The summed E-state index contributed by atoms with van der Waals surface area (Å²) < 4.78 is 0. The average molecular weight is 219 g/mol. The van der Waals surface area contributed by atoms with Crippen molar-refractivity contribution in [1.29, 1.82) is 0 Å². The molecule has 0 spiro atoms. The third-order valence-corrected chi connectivity index (χ3v) is 2.95. The summed E-state index contributed by atoms with van der Waals surface area (Å²) in [6.45, 7) is 4.73. The van der Waals surface area contributed by atoms with E-state index in [1.165, 1.54) is 50.8 Å². The zero-order chi connectivity index (χ0) is 11.6. The molecule has 90 valence electrons. The Kier molecular flexibility index (Phi) is 6.91. The van der Waals surface area contributed by atoms with Crippen molar-refractivity contribution in [1.82, 2.24) is 4.90 Å². The molecule has 1 heteroatoms. The standard InChI is InChI=1S/C15H25N/c1-3-13-16(2)14-9-5-8-12-15-10-6-4-7-11-15/h4,6-7,10-11H,3,5,8-9,12-14H2,1-2H3. The van der Waals surface area contributed by atoms with Gasteiger partial charge in [0.25, 0.3) is 0 Å². The van der Waals surface area contributed by atoms with Crippen molar-refractivity contribution in [2.45, 2.75) is 39.0 Å². The molecular formula is C15H25N. The van der Waals surface area contributed by atoms with Crippen LogP contribution in [0.5, 0.6) is 0 Å². The van der Waals surface area contributed by atoms with Crippen LogP contribution in [0.15, 0.2) is 30.3 Å². The molecule has 16 heavy (non-hydrogen) atoms. The monoisotopic (exact) mass is 219 g/mol. The maximum atomic E-state index is 2.43. The van der Waals surface area contributed by atoms with Crippen LogP contribution in [0.1, 0.15) is 38.2 Å². The molecule has 1 rings (SSSR count). The van der Waals surface area contributed by atoms with Gasteiger partial charge < -0.3 is 4.90 Å². The smallest absolute Gasteiger partial charge is 0.00218 e. The minimum absolute atomic E-state index is 1.23. The molecule has 0 radical (unpaired) electrons. The number of nitrogens with zero attached hydrogens (tertiary/aromatic N) is 1. The predicted molar refractivity (Wildman–Crippen MR) is 71.8 cm³/mol. The van der Waals surface area contributed by atoms with Crippen molar-refractivity contribution in [2.75, 3.05) is 20.1 Å². The van der Waals surface area contributed by atoms with Crippen LogP contribution in [0.2, 0.25) is 0 Å². The van der Waals surface area contributed by atoms with Gasteiger partial charge in [-0.2, -0.15) is 0 Å². The Balaban J connectivity index is 2.00. The molecule has 0 aliphatic rings. The van der Waals surface area contributed by atoms with Gasteiger partial charge in [0.15, 0.2) is 0 Å². The van der Waals surface area contributed by atoms with Gasteiger partial charge in [0.2, 0.25) is 0 Å². The minimum Gasteiger partial charge on any atom is -0.306 e. The van der Waals surface area contributed by atoms with E-state index < -0.39 is 0 Å². The third kappa shape index (κ3) is 5.92. The molecule has 1 nitrogen and oxygen atoms in total. The summed E-state index contributed by atoms with van der Waals surface area (Å²) in [6.07, 6.45) is 6.51. The Morgan fingerprint density at radius 2 is 1.69 bits per heavy atom. The van der Waals surface area contributed by atoms with Crippen molar-refractivity contribution in [3.8, 4) is 0 Å². The maximum Gasteiger partial charge on any atom is -0.00218 e. The lowest BCUT2D eigenvalue weighted by Gasteiger charge is -2.14. The van der Waals surface area contributed by atoms with Crippen LogP contribution in [0.25, 0.3) is 0 Å². The zero-order valence-electron chi connectivity index (χ0n) is 10.8. The highest BCUT2D eigenvalue weighted by Gasteiger charge is 1.96. The summed E-state index contributed by atoms with van der Waals surface area (Å²) in [6, 6.07) is 10.8. The van der Waals surface area contributed by atoms with Crippen molar-refractivity contribution in [3.63, 3.8) is 0 Å². The molecule has 0 N–H and O–H groups in total. The first-order valence-electron chi connectivity index (χ1n) is 6.55. The van der Waals surface area contributed by atoms with Gasteiger partial charge in [-0.3, -0.25) is 0 Å². The molecule has 0 fully saturated rings. The van der Waals surface area contributed by atoms with Crippen LogP contribution in [0.4, 0.5) is 0 Å². The molecule has 1 aromatic carbocycles. The lowest BCUT2D eigenvalue weighted by Crippen LogP contribution is -2.20. The molecule has 0 heterocycles. The van der Waals surface area contributed by atoms with Gasteiger partial charge in [-0.05, 0) is 51.4 Å². The predicted octanol–water partition coefficient (Wildman–Crippen LogP) is 3.74. The van der Waals surface area contributed by atoms with E-state index in [1.54, 1.807) is 0 Å². The Hall–Kier alpha value is -0.820. The van der Waals surface area contributed by atoms with E-state index in [4.69, 9.17) is 0 Å². The molecule has 0 saturated carbocycles. The Bertz CT molecular complexity index is 255. The van der Waals surface area contributed by atoms with Crippen molar-refractivity contribution < 1.29 is 0 Å². The topological polar surface area (TPSA) is 3.24 Å². The van der Waals surface area contributed by atoms with E-state index in [0.29, 0.717) is 0 Å². The molecule has 0 atom stereocenters. The fourth-order valence-electron chi connectivity index (χ4n) is 2.03. The van der Waals surface area contributed by atoms with Gasteiger partial charge >= 0.3 is 0 Å². The van der Waals surface area contributed by atoms with Gasteiger partial charge in [-0.1, -0.05) is 43.7 Å². The van der Waals surface area contributed by atoms with Crippen LogP contribution in [-0.4, -0.2) is 25.0 Å². The normalized spacial score (nSPS) is 10.9. The largest absolute Gasteiger partial charge is 0.306 e. The second-order valence-electron chi connectivity index (χ2n) is 4.60. The van der Waals surface area contributed by atoms with Gasteiger partial charge in [0.1, 0.15) is 0 Å². The van der Waals surface area contributed by atoms with E-state index in [9.17, 15) is 0 Å². The van der Waals surface area contributed by atoms with Crippen molar-refractivity contribution in [3.05, 3.63) is 35.9 Å². The van der Waals surface area contributed by atoms with Crippen LogP contribution >= 0.6 is 0 Å². The molecule has 0 aromatic heterocycles. The first-order valence-corrected chi connectivity index (χ1v) is 6.55. The average Bonchev–Trinajstić information content (AvgIpc) is 2.30. The first kappa shape index (κ1) is 13.2. The van der Waals surface area contributed by atoms with Gasteiger partial charge in [-0.15, -0.1) is 0 Å². The molecule has 0 bridgehead atoms. The van der Waals surface area contributed by atoms with Crippen LogP contribution in [0.3, 0.4) is 0 Å². The summed E-state index contributed by atoms with van der Waals surface area (Å²) in [5.41, 5.74) is 1.48. The highest BCUT2D eigenvalue weighted by atomic mass is 15.1. The third-order valence-electron chi connectivity index (χ3n) is 2.95. The Morgan fingerprint density at radius 1 is 0.938 bits per heavy atom. The molecule has 0 amide bonds. The van der Waals surface area contributed by atoms with E-state index in [0.717, 1.165) is 0 Å². The zero-order valence-corrected chi connectivity index (χ0v) is 10.8. The first-order chi connectivity index (χ1) is 7.83. The fraction of sp³-hybridized carbons (Fsp3) is 0.600. The Morgan fingerprint density at radius 3 is 2.38 bits per heavy atom. The highest BCUT2D eigenvalue weighted by molar-refractivity contribution is 5.14. The second-order valence-corrected chi connectivity index (χ2v) is 4.60. The minimum atomic E-state index is 1.23. The molecule has 1 aromatic rings. The van der Waals surface area contributed by atoms with E-state index >= 15 is 0 Å². The fourth-order valence-corrected chi connectivity index (χ4v) is 2.03. The van der Waals surface area contributed by atoms with Crippen LogP contribution in [0, 0.1) is 0 Å². The highest BCUT2D eigenvalue weighted by Crippen LogP contribution is 2.06. The number of hydrogen-bond donors (Lipinski definition) is 0.